The zero-order valence-electron chi connectivity index (χ0n) is 19.4. The number of pyridine rings is 1. The summed E-state index contributed by atoms with van der Waals surface area (Å²) in [6.07, 6.45) is 1.63. The number of carbonyl (C=O) groups is 1. The van der Waals surface area contributed by atoms with E-state index in [1.807, 2.05) is 66.7 Å². The number of hydrogen-bond donors (Lipinski definition) is 2. The van der Waals surface area contributed by atoms with Crippen LogP contribution < -0.4 is 20.1 Å². The molecule has 0 unspecified atom stereocenters. The third-order valence-electron chi connectivity index (χ3n) is 4.99. The smallest absolute Gasteiger partial charge is 0.323 e. The molecule has 1 aromatic heterocycles. The molecule has 0 fully saturated rings. The van der Waals surface area contributed by atoms with E-state index in [9.17, 15) is 4.79 Å². The van der Waals surface area contributed by atoms with Crippen LogP contribution in [0.15, 0.2) is 97.2 Å². The quantitative estimate of drug-likeness (QED) is 0.315. The highest BCUT2D eigenvalue weighted by Crippen LogP contribution is 2.35. The normalized spacial score (nSPS) is 10.9. The van der Waals surface area contributed by atoms with Crippen molar-refractivity contribution in [3.05, 3.63) is 103 Å². The monoisotopic (exact) mass is 453 g/mol. The van der Waals surface area contributed by atoms with Crippen LogP contribution in [0.3, 0.4) is 0 Å². The van der Waals surface area contributed by atoms with Gasteiger partial charge in [0.05, 0.1) is 0 Å². The Morgan fingerprint density at radius 1 is 0.765 bits per heavy atom. The molecule has 2 N–H and O–H groups in total. The molecular formula is C28H27N3O3. The number of carbonyl (C=O) groups excluding carboxylic acids is 1. The minimum atomic E-state index is -0.418. The summed E-state index contributed by atoms with van der Waals surface area (Å²) in [6.45, 7) is 6.36. The Morgan fingerprint density at radius 2 is 1.50 bits per heavy atom. The molecule has 6 heteroatoms. The highest BCUT2D eigenvalue weighted by molar-refractivity contribution is 6.00. The van der Waals surface area contributed by atoms with Gasteiger partial charge in [0.15, 0.2) is 0 Å². The predicted molar refractivity (Wildman–Crippen MR) is 135 cm³/mol. The van der Waals surface area contributed by atoms with E-state index in [4.69, 9.17) is 9.47 Å². The topological polar surface area (TPSA) is 72.5 Å². The first kappa shape index (κ1) is 22.9. The van der Waals surface area contributed by atoms with E-state index in [1.165, 1.54) is 0 Å². The molecule has 2 amide bonds. The fourth-order valence-electron chi connectivity index (χ4n) is 3.39. The third-order valence-corrected chi connectivity index (χ3v) is 4.99. The summed E-state index contributed by atoms with van der Waals surface area (Å²) >= 11 is 0. The molecule has 0 saturated carbocycles. The molecule has 0 aliphatic heterocycles. The van der Waals surface area contributed by atoms with Gasteiger partial charge in [-0.3, -0.25) is 0 Å². The fourth-order valence-corrected chi connectivity index (χ4v) is 3.39. The van der Waals surface area contributed by atoms with Crippen molar-refractivity contribution < 1.29 is 14.3 Å². The second-order valence-corrected chi connectivity index (χ2v) is 8.73. The van der Waals surface area contributed by atoms with Crippen LogP contribution in [0.1, 0.15) is 26.3 Å². The number of hydrogen-bond acceptors (Lipinski definition) is 4. The lowest BCUT2D eigenvalue weighted by atomic mass is 9.86. The second kappa shape index (κ2) is 10.1. The number of urea groups is 1. The number of ether oxygens (including phenoxy) is 2. The van der Waals surface area contributed by atoms with E-state index in [1.54, 1.807) is 30.5 Å². The van der Waals surface area contributed by atoms with Gasteiger partial charge in [0.2, 0.25) is 5.88 Å². The molecule has 0 radical (unpaired) electrons. The van der Waals surface area contributed by atoms with Crippen molar-refractivity contribution in [2.24, 2.45) is 0 Å². The highest BCUT2D eigenvalue weighted by atomic mass is 16.5. The van der Waals surface area contributed by atoms with Crippen LogP contribution in [0, 0.1) is 0 Å². The molecule has 34 heavy (non-hydrogen) atoms. The standard InChI is InChI=1S/C28H27N3O3/c1-28(2,3)23-15-7-8-17-25(23)34-26-24(16-10-18-29-26)31-27(32)30-20-11-9-14-22(19-20)33-21-12-5-4-6-13-21/h4-19H,1-3H3,(H2,30,31,32). The maximum Gasteiger partial charge on any atom is 0.323 e. The van der Waals surface area contributed by atoms with Gasteiger partial charge in [0.25, 0.3) is 0 Å². The van der Waals surface area contributed by atoms with Gasteiger partial charge in [-0.1, -0.05) is 63.2 Å². The Balaban J connectivity index is 1.47. The Bertz CT molecular complexity index is 1270. The van der Waals surface area contributed by atoms with E-state index in [2.05, 4.69) is 36.4 Å². The summed E-state index contributed by atoms with van der Waals surface area (Å²) in [6, 6.07) is 27.6. The van der Waals surface area contributed by atoms with Gasteiger partial charge in [-0.05, 0) is 47.9 Å². The number of nitrogens with one attached hydrogen (secondary N) is 2. The van der Waals surface area contributed by atoms with Gasteiger partial charge >= 0.3 is 6.03 Å². The maximum absolute atomic E-state index is 12.7. The molecule has 3 aromatic carbocycles. The lowest BCUT2D eigenvalue weighted by Gasteiger charge is -2.22. The van der Waals surface area contributed by atoms with Gasteiger partial charge < -0.3 is 20.1 Å². The van der Waals surface area contributed by atoms with Crippen LogP contribution in [0.2, 0.25) is 0 Å². The third kappa shape index (κ3) is 5.92. The van der Waals surface area contributed by atoms with Crippen molar-refractivity contribution in [2.75, 3.05) is 10.6 Å². The number of rotatable bonds is 6. The van der Waals surface area contributed by atoms with Crippen LogP contribution in [0.4, 0.5) is 16.2 Å². The SMILES string of the molecule is CC(C)(C)c1ccccc1Oc1ncccc1NC(=O)Nc1cccc(Oc2ccccc2)c1. The summed E-state index contributed by atoms with van der Waals surface area (Å²) in [5.74, 6) is 2.35. The number of amides is 2. The molecule has 0 saturated heterocycles. The average molecular weight is 454 g/mol. The summed E-state index contributed by atoms with van der Waals surface area (Å²) in [5.41, 5.74) is 1.99. The predicted octanol–water partition coefficient (Wildman–Crippen LogP) is 7.61. The van der Waals surface area contributed by atoms with Gasteiger partial charge in [-0.25, -0.2) is 9.78 Å². The van der Waals surface area contributed by atoms with E-state index in [-0.39, 0.29) is 5.41 Å². The first-order chi connectivity index (χ1) is 16.4. The molecule has 6 nitrogen and oxygen atoms in total. The lowest BCUT2D eigenvalue weighted by molar-refractivity contribution is 0.262. The molecule has 4 rings (SSSR count). The summed E-state index contributed by atoms with van der Waals surface area (Å²) in [5, 5.41) is 5.66. The zero-order valence-corrected chi connectivity index (χ0v) is 19.4. The lowest BCUT2D eigenvalue weighted by Crippen LogP contribution is -2.20. The van der Waals surface area contributed by atoms with Gasteiger partial charge in [0, 0.05) is 23.5 Å². The number of benzene rings is 3. The van der Waals surface area contributed by atoms with Crippen molar-refractivity contribution in [1.29, 1.82) is 0 Å². The summed E-state index contributed by atoms with van der Waals surface area (Å²) in [4.78, 5) is 17.1. The minimum Gasteiger partial charge on any atom is -0.457 e. The average Bonchev–Trinajstić information content (AvgIpc) is 2.81. The first-order valence-corrected chi connectivity index (χ1v) is 11.0. The molecule has 172 valence electrons. The van der Waals surface area contributed by atoms with Crippen LogP contribution in [-0.2, 0) is 5.41 Å². The van der Waals surface area contributed by atoms with Gasteiger partial charge in [-0.15, -0.1) is 0 Å². The Kier molecular flexibility index (Phi) is 6.78. The van der Waals surface area contributed by atoms with E-state index in [0.29, 0.717) is 28.8 Å². The molecule has 0 bridgehead atoms. The molecule has 4 aromatic rings. The van der Waals surface area contributed by atoms with Gasteiger partial charge in [-0.2, -0.15) is 0 Å². The number of nitrogens with zero attached hydrogens (tertiary/aromatic N) is 1. The summed E-state index contributed by atoms with van der Waals surface area (Å²) in [7, 11) is 0. The highest BCUT2D eigenvalue weighted by Gasteiger charge is 2.20. The zero-order chi connectivity index (χ0) is 24.0. The molecule has 0 atom stereocenters. The molecule has 0 aliphatic rings. The van der Waals surface area contributed by atoms with E-state index in [0.717, 1.165) is 11.3 Å². The fraction of sp³-hybridized carbons (Fsp3) is 0.143. The molecule has 1 heterocycles. The van der Waals surface area contributed by atoms with E-state index < -0.39 is 6.03 Å². The number of para-hydroxylation sites is 2. The van der Waals surface area contributed by atoms with Crippen LogP contribution in [0.25, 0.3) is 0 Å². The Labute approximate surface area is 199 Å². The first-order valence-electron chi connectivity index (χ1n) is 11.0. The largest absolute Gasteiger partial charge is 0.457 e. The van der Waals surface area contributed by atoms with Gasteiger partial charge in [0.1, 0.15) is 22.9 Å². The van der Waals surface area contributed by atoms with E-state index >= 15 is 0 Å². The van der Waals surface area contributed by atoms with Crippen LogP contribution in [-0.4, -0.2) is 11.0 Å². The van der Waals surface area contributed by atoms with Crippen LogP contribution in [0.5, 0.6) is 23.1 Å². The minimum absolute atomic E-state index is 0.108. The number of anilines is 2. The van der Waals surface area contributed by atoms with Crippen molar-refractivity contribution in [2.45, 2.75) is 26.2 Å². The van der Waals surface area contributed by atoms with Crippen molar-refractivity contribution in [3.8, 4) is 23.1 Å². The summed E-state index contributed by atoms with van der Waals surface area (Å²) < 4.78 is 12.0. The molecular weight excluding hydrogens is 426 g/mol. The number of aromatic nitrogens is 1. The maximum atomic E-state index is 12.7. The Hall–Kier alpha value is -4.32. The van der Waals surface area contributed by atoms with Crippen molar-refractivity contribution in [3.63, 3.8) is 0 Å². The van der Waals surface area contributed by atoms with Crippen molar-refractivity contribution >= 4 is 17.4 Å². The second-order valence-electron chi connectivity index (χ2n) is 8.73. The molecule has 0 spiro atoms. The van der Waals surface area contributed by atoms with Crippen molar-refractivity contribution in [1.82, 2.24) is 4.98 Å². The van der Waals surface area contributed by atoms with Crippen LogP contribution >= 0.6 is 0 Å². The molecule has 0 aliphatic carbocycles. The Morgan fingerprint density at radius 3 is 2.29 bits per heavy atom.